The van der Waals surface area contributed by atoms with Gasteiger partial charge in [0.2, 0.25) is 0 Å². The van der Waals surface area contributed by atoms with Crippen molar-refractivity contribution < 1.29 is 0 Å². The Labute approximate surface area is 100 Å². The summed E-state index contributed by atoms with van der Waals surface area (Å²) in [5.74, 6) is 1.45. The second-order valence-corrected chi connectivity index (χ2v) is 4.18. The predicted molar refractivity (Wildman–Crippen MR) is 68.1 cm³/mol. The molecule has 0 saturated carbocycles. The largest absolute Gasteiger partial charge is 0.354 e. The van der Waals surface area contributed by atoms with Crippen LogP contribution in [0.25, 0.3) is 10.8 Å². The standard InChI is InChI=1S/C12H14ClN3/c1-9(7-13)16(2)12-11-6-4-3-5-10(11)8-14-15-12/h3-6,8-9H,7H2,1-2H3. The fourth-order valence-corrected chi connectivity index (χ4v) is 1.79. The molecule has 0 aliphatic heterocycles. The number of benzene rings is 1. The summed E-state index contributed by atoms with van der Waals surface area (Å²) in [6, 6.07) is 8.33. The molecule has 0 saturated heterocycles. The van der Waals surface area contributed by atoms with E-state index in [2.05, 4.69) is 28.1 Å². The Morgan fingerprint density at radius 1 is 1.38 bits per heavy atom. The molecule has 0 radical (unpaired) electrons. The van der Waals surface area contributed by atoms with Gasteiger partial charge in [-0.1, -0.05) is 24.3 Å². The topological polar surface area (TPSA) is 29.0 Å². The first-order chi connectivity index (χ1) is 7.74. The molecule has 4 heteroatoms. The Hall–Kier alpha value is -1.35. The molecular weight excluding hydrogens is 222 g/mol. The summed E-state index contributed by atoms with van der Waals surface area (Å²) in [5.41, 5.74) is 0. The molecule has 3 nitrogen and oxygen atoms in total. The van der Waals surface area contributed by atoms with Crippen molar-refractivity contribution in [3.8, 4) is 0 Å². The normalized spacial score (nSPS) is 12.7. The molecule has 2 rings (SSSR count). The van der Waals surface area contributed by atoms with Crippen LogP contribution in [0, 0.1) is 0 Å². The first-order valence-corrected chi connectivity index (χ1v) is 5.76. The van der Waals surface area contributed by atoms with E-state index in [1.807, 2.05) is 25.2 Å². The molecule has 0 fully saturated rings. The third kappa shape index (κ3) is 1.95. The lowest BCUT2D eigenvalue weighted by atomic mass is 10.2. The van der Waals surface area contributed by atoms with Gasteiger partial charge in [-0.2, -0.15) is 5.10 Å². The maximum Gasteiger partial charge on any atom is 0.159 e. The van der Waals surface area contributed by atoms with Gasteiger partial charge in [0.25, 0.3) is 0 Å². The number of fused-ring (bicyclic) bond motifs is 1. The summed E-state index contributed by atoms with van der Waals surface area (Å²) in [7, 11) is 1.99. The van der Waals surface area contributed by atoms with Crippen molar-refractivity contribution >= 4 is 28.2 Å². The minimum absolute atomic E-state index is 0.238. The molecule has 1 aromatic heterocycles. The van der Waals surface area contributed by atoms with Crippen molar-refractivity contribution in [1.29, 1.82) is 0 Å². The van der Waals surface area contributed by atoms with Gasteiger partial charge in [0.05, 0.1) is 6.20 Å². The minimum atomic E-state index is 0.238. The number of alkyl halides is 1. The van der Waals surface area contributed by atoms with E-state index in [4.69, 9.17) is 11.6 Å². The van der Waals surface area contributed by atoms with Crippen LogP contribution in [0.15, 0.2) is 30.5 Å². The van der Waals surface area contributed by atoms with Crippen molar-refractivity contribution in [2.75, 3.05) is 17.8 Å². The summed E-state index contributed by atoms with van der Waals surface area (Å²) >= 11 is 5.86. The Balaban J connectivity index is 2.52. The fourth-order valence-electron chi connectivity index (χ4n) is 1.59. The number of nitrogens with zero attached hydrogens (tertiary/aromatic N) is 3. The van der Waals surface area contributed by atoms with E-state index in [0.717, 1.165) is 16.6 Å². The van der Waals surface area contributed by atoms with Crippen molar-refractivity contribution in [2.45, 2.75) is 13.0 Å². The average Bonchev–Trinajstić information content (AvgIpc) is 2.36. The summed E-state index contributed by atoms with van der Waals surface area (Å²) in [5, 5.41) is 10.4. The number of halogens is 1. The molecule has 84 valence electrons. The maximum absolute atomic E-state index is 5.86. The quantitative estimate of drug-likeness (QED) is 0.766. The summed E-state index contributed by atoms with van der Waals surface area (Å²) in [6.07, 6.45) is 1.78. The van der Waals surface area contributed by atoms with Crippen LogP contribution in [0.3, 0.4) is 0 Å². The van der Waals surface area contributed by atoms with Gasteiger partial charge in [-0.3, -0.25) is 0 Å². The van der Waals surface area contributed by atoms with Gasteiger partial charge in [-0.05, 0) is 6.92 Å². The molecule has 0 aliphatic carbocycles. The van der Waals surface area contributed by atoms with Crippen molar-refractivity contribution in [2.24, 2.45) is 0 Å². The van der Waals surface area contributed by atoms with E-state index in [1.165, 1.54) is 0 Å². The van der Waals surface area contributed by atoms with E-state index in [1.54, 1.807) is 6.20 Å². The molecular formula is C12H14ClN3. The third-order valence-electron chi connectivity index (χ3n) is 2.77. The highest BCUT2D eigenvalue weighted by atomic mass is 35.5. The van der Waals surface area contributed by atoms with Crippen molar-refractivity contribution in [3.63, 3.8) is 0 Å². The Bertz CT molecular complexity index is 481. The molecule has 1 heterocycles. The van der Waals surface area contributed by atoms with E-state index in [-0.39, 0.29) is 6.04 Å². The molecule has 1 atom stereocenters. The van der Waals surface area contributed by atoms with Gasteiger partial charge in [-0.25, -0.2) is 0 Å². The third-order valence-corrected chi connectivity index (χ3v) is 3.22. The summed E-state index contributed by atoms with van der Waals surface area (Å²) in [6.45, 7) is 2.07. The second kappa shape index (κ2) is 4.66. The first-order valence-electron chi connectivity index (χ1n) is 5.23. The molecule has 1 unspecified atom stereocenters. The van der Waals surface area contributed by atoms with Gasteiger partial charge >= 0.3 is 0 Å². The smallest absolute Gasteiger partial charge is 0.159 e. The minimum Gasteiger partial charge on any atom is -0.354 e. The van der Waals surface area contributed by atoms with Crippen molar-refractivity contribution in [3.05, 3.63) is 30.5 Å². The highest BCUT2D eigenvalue weighted by molar-refractivity contribution is 6.18. The Morgan fingerprint density at radius 2 is 2.12 bits per heavy atom. The van der Waals surface area contributed by atoms with Gasteiger partial charge in [0.15, 0.2) is 5.82 Å². The zero-order valence-electron chi connectivity index (χ0n) is 9.39. The summed E-state index contributed by atoms with van der Waals surface area (Å²) < 4.78 is 0. The van der Waals surface area contributed by atoms with Crippen LogP contribution in [0.2, 0.25) is 0 Å². The molecule has 0 spiro atoms. The lowest BCUT2D eigenvalue weighted by molar-refractivity contribution is 0.744. The average molecular weight is 236 g/mol. The lowest BCUT2D eigenvalue weighted by Crippen LogP contribution is -2.31. The molecule has 0 N–H and O–H groups in total. The van der Waals surface area contributed by atoms with Gasteiger partial charge in [0.1, 0.15) is 0 Å². The van der Waals surface area contributed by atoms with Gasteiger partial charge in [-0.15, -0.1) is 16.7 Å². The molecule has 16 heavy (non-hydrogen) atoms. The molecule has 2 aromatic rings. The highest BCUT2D eigenvalue weighted by Gasteiger charge is 2.13. The highest BCUT2D eigenvalue weighted by Crippen LogP contribution is 2.23. The number of rotatable bonds is 3. The van der Waals surface area contributed by atoms with Crippen molar-refractivity contribution in [1.82, 2.24) is 10.2 Å². The molecule has 1 aromatic carbocycles. The first kappa shape index (κ1) is 11.1. The van der Waals surface area contributed by atoms with Crippen LogP contribution < -0.4 is 4.90 Å². The number of hydrogen-bond donors (Lipinski definition) is 0. The second-order valence-electron chi connectivity index (χ2n) is 3.87. The molecule has 0 amide bonds. The van der Waals surface area contributed by atoms with E-state index in [9.17, 15) is 0 Å². The fraction of sp³-hybridized carbons (Fsp3) is 0.333. The number of aromatic nitrogens is 2. The van der Waals surface area contributed by atoms with Crippen LogP contribution in [0.1, 0.15) is 6.92 Å². The predicted octanol–water partition coefficient (Wildman–Crippen LogP) is 2.69. The SMILES string of the molecule is CC(CCl)N(C)c1nncc2ccccc12. The zero-order valence-corrected chi connectivity index (χ0v) is 10.1. The number of hydrogen-bond acceptors (Lipinski definition) is 3. The van der Waals surface area contributed by atoms with Crippen LogP contribution in [0.4, 0.5) is 5.82 Å². The van der Waals surface area contributed by atoms with E-state index >= 15 is 0 Å². The van der Waals surface area contributed by atoms with Crippen LogP contribution in [-0.4, -0.2) is 29.2 Å². The zero-order chi connectivity index (χ0) is 11.5. The van der Waals surface area contributed by atoms with Crippen LogP contribution >= 0.6 is 11.6 Å². The van der Waals surface area contributed by atoms with Gasteiger partial charge < -0.3 is 4.90 Å². The molecule has 0 bridgehead atoms. The van der Waals surface area contributed by atoms with E-state index in [0.29, 0.717) is 5.88 Å². The Kier molecular flexibility index (Phi) is 3.25. The van der Waals surface area contributed by atoms with Crippen LogP contribution in [0.5, 0.6) is 0 Å². The number of anilines is 1. The Morgan fingerprint density at radius 3 is 2.88 bits per heavy atom. The monoisotopic (exact) mass is 235 g/mol. The van der Waals surface area contributed by atoms with Crippen LogP contribution in [-0.2, 0) is 0 Å². The van der Waals surface area contributed by atoms with E-state index < -0.39 is 0 Å². The van der Waals surface area contributed by atoms with Gasteiger partial charge in [0, 0.05) is 29.7 Å². The lowest BCUT2D eigenvalue weighted by Gasteiger charge is -2.24. The molecule has 0 aliphatic rings. The summed E-state index contributed by atoms with van der Waals surface area (Å²) in [4.78, 5) is 2.06. The maximum atomic E-state index is 5.86.